The minimum atomic E-state index is -0.578. The van der Waals surface area contributed by atoms with Crippen LogP contribution in [0.4, 0.5) is 21.0 Å². The van der Waals surface area contributed by atoms with Crippen LogP contribution in [0.15, 0.2) is 48.5 Å². The van der Waals surface area contributed by atoms with Crippen molar-refractivity contribution in [2.45, 2.75) is 0 Å². The first-order valence-electron chi connectivity index (χ1n) is 8.26. The maximum atomic E-state index is 12.3. The summed E-state index contributed by atoms with van der Waals surface area (Å²) in [5.74, 6) is 1.45. The van der Waals surface area contributed by atoms with E-state index in [1.807, 2.05) is 0 Å². The lowest BCUT2D eigenvalue weighted by Gasteiger charge is -2.18. The minimum Gasteiger partial charge on any atom is -0.497 e. The van der Waals surface area contributed by atoms with Crippen molar-refractivity contribution in [1.29, 1.82) is 0 Å². The van der Waals surface area contributed by atoms with Gasteiger partial charge in [-0.3, -0.25) is 5.32 Å². The largest absolute Gasteiger partial charge is 0.497 e. The van der Waals surface area contributed by atoms with E-state index in [0.29, 0.717) is 30.3 Å². The minimum absolute atomic E-state index is 0.288. The standard InChI is InChI=1S/C19H23N3O5/c1-22(11-12-27-17-9-7-16(25-2)8-10-17)18(23)20-14-5-4-6-15(13-14)21-19(24)26-3/h4-10,13H,11-12H2,1-3H3,(H,20,23)(H,21,24). The van der Waals surface area contributed by atoms with Crippen molar-refractivity contribution in [1.82, 2.24) is 4.90 Å². The molecule has 0 radical (unpaired) electrons. The van der Waals surface area contributed by atoms with Gasteiger partial charge in [0.05, 0.1) is 20.8 Å². The van der Waals surface area contributed by atoms with Gasteiger partial charge in [0.25, 0.3) is 0 Å². The van der Waals surface area contributed by atoms with Gasteiger partial charge in [-0.05, 0) is 42.5 Å². The summed E-state index contributed by atoms with van der Waals surface area (Å²) < 4.78 is 15.2. The Balaban J connectivity index is 1.80. The first-order chi connectivity index (χ1) is 13.0. The van der Waals surface area contributed by atoms with Crippen LogP contribution in [0.2, 0.25) is 0 Å². The zero-order valence-electron chi connectivity index (χ0n) is 15.5. The smallest absolute Gasteiger partial charge is 0.411 e. The van der Waals surface area contributed by atoms with Crippen LogP contribution in [-0.4, -0.2) is 51.4 Å². The first kappa shape index (κ1) is 19.9. The summed E-state index contributed by atoms with van der Waals surface area (Å²) in [4.78, 5) is 25.0. The van der Waals surface area contributed by atoms with Gasteiger partial charge in [-0.25, -0.2) is 9.59 Å². The molecule has 3 amide bonds. The van der Waals surface area contributed by atoms with E-state index in [2.05, 4.69) is 15.4 Å². The molecule has 0 saturated carbocycles. The maximum Gasteiger partial charge on any atom is 0.411 e. The predicted molar refractivity (Wildman–Crippen MR) is 103 cm³/mol. The molecule has 0 heterocycles. The molecule has 8 heteroatoms. The first-order valence-corrected chi connectivity index (χ1v) is 8.26. The van der Waals surface area contributed by atoms with Crippen molar-refractivity contribution in [2.75, 3.05) is 45.1 Å². The normalized spacial score (nSPS) is 9.89. The lowest BCUT2D eigenvalue weighted by Crippen LogP contribution is -2.34. The number of likely N-dealkylation sites (N-methyl/N-ethyl adjacent to an activating group) is 1. The highest BCUT2D eigenvalue weighted by Crippen LogP contribution is 2.17. The van der Waals surface area contributed by atoms with Crippen LogP contribution < -0.4 is 20.1 Å². The quantitative estimate of drug-likeness (QED) is 0.776. The number of urea groups is 1. The monoisotopic (exact) mass is 373 g/mol. The second kappa shape index (κ2) is 9.91. The molecular weight excluding hydrogens is 350 g/mol. The van der Waals surface area contributed by atoms with Crippen LogP contribution in [0, 0.1) is 0 Å². The van der Waals surface area contributed by atoms with E-state index < -0.39 is 6.09 Å². The highest BCUT2D eigenvalue weighted by Gasteiger charge is 2.10. The lowest BCUT2D eigenvalue weighted by atomic mass is 10.3. The molecule has 0 atom stereocenters. The molecular formula is C19H23N3O5. The van der Waals surface area contributed by atoms with E-state index in [4.69, 9.17) is 9.47 Å². The van der Waals surface area contributed by atoms with Gasteiger partial charge in [0.1, 0.15) is 18.1 Å². The van der Waals surface area contributed by atoms with Gasteiger partial charge in [0.2, 0.25) is 0 Å². The van der Waals surface area contributed by atoms with E-state index >= 15 is 0 Å². The van der Waals surface area contributed by atoms with E-state index in [1.165, 1.54) is 12.0 Å². The Kier molecular flexibility index (Phi) is 7.30. The van der Waals surface area contributed by atoms with Crippen molar-refractivity contribution >= 4 is 23.5 Å². The number of amides is 3. The second-order valence-electron chi connectivity index (χ2n) is 5.57. The zero-order chi connectivity index (χ0) is 19.6. The van der Waals surface area contributed by atoms with E-state index in [9.17, 15) is 9.59 Å². The Morgan fingerprint density at radius 1 is 0.963 bits per heavy atom. The van der Waals surface area contributed by atoms with Crippen LogP contribution >= 0.6 is 0 Å². The fraction of sp³-hybridized carbons (Fsp3) is 0.263. The summed E-state index contributed by atoms with van der Waals surface area (Å²) in [6.07, 6.45) is -0.578. The fourth-order valence-electron chi connectivity index (χ4n) is 2.14. The molecule has 2 aromatic rings. The van der Waals surface area contributed by atoms with Gasteiger partial charge in [0.15, 0.2) is 0 Å². The Hall–Kier alpha value is -3.42. The Morgan fingerprint density at radius 2 is 1.59 bits per heavy atom. The third-order valence-electron chi connectivity index (χ3n) is 3.65. The summed E-state index contributed by atoms with van der Waals surface area (Å²) in [6, 6.07) is 13.7. The Bertz CT molecular complexity index is 764. The van der Waals surface area contributed by atoms with Crippen molar-refractivity contribution in [3.63, 3.8) is 0 Å². The number of rotatable bonds is 7. The number of anilines is 2. The molecule has 0 saturated heterocycles. The molecule has 27 heavy (non-hydrogen) atoms. The van der Waals surface area contributed by atoms with Crippen LogP contribution in [0.1, 0.15) is 0 Å². The number of methoxy groups -OCH3 is 2. The summed E-state index contributed by atoms with van der Waals surface area (Å²) in [5.41, 5.74) is 1.07. The number of nitrogens with zero attached hydrogens (tertiary/aromatic N) is 1. The fourth-order valence-corrected chi connectivity index (χ4v) is 2.14. The summed E-state index contributed by atoms with van der Waals surface area (Å²) in [5, 5.41) is 5.30. The number of ether oxygens (including phenoxy) is 3. The highest BCUT2D eigenvalue weighted by atomic mass is 16.5. The molecule has 0 aromatic heterocycles. The molecule has 0 aliphatic carbocycles. The Morgan fingerprint density at radius 3 is 2.22 bits per heavy atom. The number of hydrogen-bond acceptors (Lipinski definition) is 5. The molecule has 8 nitrogen and oxygen atoms in total. The molecule has 0 unspecified atom stereocenters. The molecule has 0 spiro atoms. The van der Waals surface area contributed by atoms with Crippen molar-refractivity contribution < 1.29 is 23.8 Å². The molecule has 0 bridgehead atoms. The van der Waals surface area contributed by atoms with Crippen LogP contribution in [-0.2, 0) is 4.74 Å². The number of carbonyl (C=O) groups is 2. The van der Waals surface area contributed by atoms with Gasteiger partial charge in [-0.15, -0.1) is 0 Å². The van der Waals surface area contributed by atoms with Gasteiger partial charge in [-0.2, -0.15) is 0 Å². The topological polar surface area (TPSA) is 89.1 Å². The van der Waals surface area contributed by atoms with Gasteiger partial charge in [-0.1, -0.05) is 6.07 Å². The molecule has 2 N–H and O–H groups in total. The number of hydrogen-bond donors (Lipinski definition) is 2. The predicted octanol–water partition coefficient (Wildman–Crippen LogP) is 3.42. The van der Waals surface area contributed by atoms with Crippen LogP contribution in [0.3, 0.4) is 0 Å². The van der Waals surface area contributed by atoms with Gasteiger partial charge in [0, 0.05) is 18.4 Å². The Labute approximate surface area is 158 Å². The lowest BCUT2D eigenvalue weighted by molar-refractivity contribution is 0.187. The van der Waals surface area contributed by atoms with Crippen molar-refractivity contribution in [2.24, 2.45) is 0 Å². The van der Waals surface area contributed by atoms with Gasteiger partial charge < -0.3 is 24.4 Å². The summed E-state index contributed by atoms with van der Waals surface area (Å²) in [6.45, 7) is 0.748. The number of nitrogens with one attached hydrogen (secondary N) is 2. The molecule has 2 aromatic carbocycles. The SMILES string of the molecule is COC(=O)Nc1cccc(NC(=O)N(C)CCOc2ccc(OC)cc2)c1. The number of carbonyl (C=O) groups excluding carboxylic acids is 2. The van der Waals surface area contributed by atoms with Gasteiger partial charge >= 0.3 is 12.1 Å². The van der Waals surface area contributed by atoms with E-state index in [-0.39, 0.29) is 6.03 Å². The molecule has 0 fully saturated rings. The van der Waals surface area contributed by atoms with E-state index in [1.54, 1.807) is 62.7 Å². The van der Waals surface area contributed by atoms with E-state index in [0.717, 1.165) is 5.75 Å². The summed E-state index contributed by atoms with van der Waals surface area (Å²) >= 11 is 0. The molecule has 2 rings (SSSR count). The van der Waals surface area contributed by atoms with Crippen LogP contribution in [0.5, 0.6) is 11.5 Å². The average Bonchev–Trinajstić information content (AvgIpc) is 2.68. The maximum absolute atomic E-state index is 12.3. The molecule has 144 valence electrons. The third kappa shape index (κ3) is 6.43. The third-order valence-corrected chi connectivity index (χ3v) is 3.65. The number of benzene rings is 2. The summed E-state index contributed by atoms with van der Waals surface area (Å²) in [7, 11) is 4.55. The average molecular weight is 373 g/mol. The van der Waals surface area contributed by atoms with Crippen molar-refractivity contribution in [3.8, 4) is 11.5 Å². The van der Waals surface area contributed by atoms with Crippen LogP contribution in [0.25, 0.3) is 0 Å². The highest BCUT2D eigenvalue weighted by molar-refractivity contribution is 5.91. The molecule has 0 aliphatic rings. The van der Waals surface area contributed by atoms with Crippen molar-refractivity contribution in [3.05, 3.63) is 48.5 Å². The second-order valence-corrected chi connectivity index (χ2v) is 5.57. The zero-order valence-corrected chi connectivity index (χ0v) is 15.5. The molecule has 0 aliphatic heterocycles.